The molecule has 12 heteroatoms. The van der Waals surface area contributed by atoms with Gasteiger partial charge in [0.2, 0.25) is 0 Å². The van der Waals surface area contributed by atoms with Crippen LogP contribution >= 0.6 is 11.6 Å². The van der Waals surface area contributed by atoms with E-state index in [1.807, 2.05) is 0 Å². The first-order valence-corrected chi connectivity index (χ1v) is 10.4. The Morgan fingerprint density at radius 2 is 1.82 bits per heavy atom. The maximum atomic E-state index is 13.2. The molecule has 3 heterocycles. The normalized spacial score (nSPS) is 17.3. The molecule has 1 spiro atoms. The van der Waals surface area contributed by atoms with E-state index in [1.54, 1.807) is 12.1 Å². The number of halogens is 4. The van der Waals surface area contributed by atoms with E-state index in [4.69, 9.17) is 16.4 Å². The van der Waals surface area contributed by atoms with Gasteiger partial charge in [0.25, 0.3) is 5.91 Å². The van der Waals surface area contributed by atoms with Crippen LogP contribution in [0.3, 0.4) is 0 Å². The van der Waals surface area contributed by atoms with Crippen molar-refractivity contribution in [3.8, 4) is 0 Å². The number of nitrogens with zero attached hydrogens (tertiary/aromatic N) is 3. The molecular weight excluding hydrogens is 463 g/mol. The van der Waals surface area contributed by atoms with E-state index < -0.39 is 29.3 Å². The van der Waals surface area contributed by atoms with Crippen molar-refractivity contribution in [2.24, 2.45) is 5.16 Å². The Labute approximate surface area is 191 Å². The van der Waals surface area contributed by atoms with Gasteiger partial charge in [-0.05, 0) is 24.3 Å². The molecule has 1 saturated heterocycles. The average molecular weight is 482 g/mol. The summed E-state index contributed by atoms with van der Waals surface area (Å²) >= 11 is 5.78. The van der Waals surface area contributed by atoms with E-state index in [0.29, 0.717) is 23.7 Å². The Balaban J connectivity index is 1.32. The van der Waals surface area contributed by atoms with Gasteiger partial charge in [0, 0.05) is 38.5 Å². The van der Waals surface area contributed by atoms with E-state index in [0.717, 1.165) is 6.07 Å². The number of rotatable bonds is 3. The molecule has 33 heavy (non-hydrogen) atoms. The zero-order valence-corrected chi connectivity index (χ0v) is 17.9. The number of likely N-dealkylation sites (tertiary alicyclic amines) is 1. The van der Waals surface area contributed by atoms with Gasteiger partial charge in [0.05, 0.1) is 16.3 Å². The summed E-state index contributed by atoms with van der Waals surface area (Å²) in [4.78, 5) is 36.0. The minimum absolute atomic E-state index is 0.198. The molecule has 174 valence electrons. The van der Waals surface area contributed by atoms with Gasteiger partial charge in [-0.2, -0.15) is 13.2 Å². The molecule has 1 fully saturated rings. The minimum atomic E-state index is -4.58. The second-order valence-electron chi connectivity index (χ2n) is 7.77. The summed E-state index contributed by atoms with van der Waals surface area (Å²) < 4.78 is 39.5. The topological polar surface area (TPSA) is 95.9 Å². The number of piperidine rings is 1. The first-order chi connectivity index (χ1) is 15.7. The van der Waals surface area contributed by atoms with Gasteiger partial charge in [-0.25, -0.2) is 9.78 Å². The molecule has 2 N–H and O–H groups in total. The molecule has 0 aliphatic carbocycles. The van der Waals surface area contributed by atoms with Crippen molar-refractivity contribution in [3.05, 3.63) is 53.2 Å². The smallest absolute Gasteiger partial charge is 0.388 e. The molecule has 3 amide bonds. The molecule has 0 atom stereocenters. The fraction of sp³-hybridized carbons (Fsp3) is 0.333. The lowest BCUT2D eigenvalue weighted by Gasteiger charge is -2.37. The molecule has 0 bridgehead atoms. The molecule has 2 aliphatic rings. The summed E-state index contributed by atoms with van der Waals surface area (Å²) in [7, 11) is 0. The number of para-hydroxylation sites is 1. The van der Waals surface area contributed by atoms with Crippen LogP contribution in [0.4, 0.5) is 29.5 Å². The van der Waals surface area contributed by atoms with Gasteiger partial charge in [-0.3, -0.25) is 4.79 Å². The standard InChI is InChI=1S/C21H19ClF3N5O3/c22-13-5-6-17(26-12-13)28-18(31)16-11-20(33-29-16)7-9-30(10-8-20)19(32)27-15-4-2-1-3-14(15)21(23,24)25/h1-6,12H,7-11H2,(H,27,32)(H,26,28,31). The minimum Gasteiger partial charge on any atom is -0.388 e. The molecule has 1 aromatic heterocycles. The van der Waals surface area contributed by atoms with E-state index in [1.165, 1.54) is 29.3 Å². The Morgan fingerprint density at radius 1 is 1.09 bits per heavy atom. The van der Waals surface area contributed by atoms with Gasteiger partial charge in [-0.1, -0.05) is 28.9 Å². The number of carbonyl (C=O) groups is 2. The van der Waals surface area contributed by atoms with Crippen molar-refractivity contribution < 1.29 is 27.6 Å². The number of benzene rings is 1. The summed E-state index contributed by atoms with van der Waals surface area (Å²) in [6.07, 6.45) is -2.18. The predicted octanol–water partition coefficient (Wildman–Crippen LogP) is 4.54. The second kappa shape index (κ2) is 8.89. The number of amides is 3. The summed E-state index contributed by atoms with van der Waals surface area (Å²) in [6, 6.07) is 7.32. The highest BCUT2D eigenvalue weighted by Crippen LogP contribution is 2.37. The molecule has 2 aliphatic heterocycles. The number of hydrogen-bond donors (Lipinski definition) is 2. The number of alkyl halides is 3. The SMILES string of the molecule is O=C(Nc1ccc(Cl)cn1)C1=NOC2(CCN(C(=O)Nc3ccccc3C(F)(F)F)CC2)C1. The number of carbonyl (C=O) groups excluding carboxylic acids is 2. The van der Waals surface area contributed by atoms with E-state index in [9.17, 15) is 22.8 Å². The predicted molar refractivity (Wildman–Crippen MR) is 115 cm³/mol. The van der Waals surface area contributed by atoms with Crippen LogP contribution in [0.5, 0.6) is 0 Å². The number of aromatic nitrogens is 1. The zero-order valence-electron chi connectivity index (χ0n) is 17.2. The van der Waals surface area contributed by atoms with Crippen molar-refractivity contribution in [2.75, 3.05) is 23.7 Å². The van der Waals surface area contributed by atoms with Gasteiger partial charge in [0.15, 0.2) is 0 Å². The van der Waals surface area contributed by atoms with E-state index >= 15 is 0 Å². The number of oxime groups is 1. The molecule has 4 rings (SSSR count). The third kappa shape index (κ3) is 5.19. The number of pyridine rings is 1. The highest BCUT2D eigenvalue weighted by atomic mass is 35.5. The summed E-state index contributed by atoms with van der Waals surface area (Å²) in [6.45, 7) is 0.479. The summed E-state index contributed by atoms with van der Waals surface area (Å²) in [5.41, 5.74) is -1.75. The first kappa shape index (κ1) is 22.8. The van der Waals surface area contributed by atoms with E-state index in [-0.39, 0.29) is 30.9 Å². The van der Waals surface area contributed by atoms with Crippen LogP contribution in [0, 0.1) is 0 Å². The van der Waals surface area contributed by atoms with Crippen molar-refractivity contribution in [3.63, 3.8) is 0 Å². The number of urea groups is 1. The van der Waals surface area contributed by atoms with Gasteiger partial charge >= 0.3 is 12.2 Å². The molecule has 0 saturated carbocycles. The van der Waals surface area contributed by atoms with Crippen molar-refractivity contribution >= 4 is 40.8 Å². The Kier molecular flexibility index (Phi) is 6.15. The van der Waals surface area contributed by atoms with Crippen LogP contribution in [-0.4, -0.2) is 46.2 Å². The van der Waals surface area contributed by atoms with Crippen LogP contribution in [0.1, 0.15) is 24.8 Å². The van der Waals surface area contributed by atoms with Gasteiger partial charge < -0.3 is 20.4 Å². The monoisotopic (exact) mass is 481 g/mol. The molecule has 8 nitrogen and oxygen atoms in total. The van der Waals surface area contributed by atoms with Crippen LogP contribution in [0.25, 0.3) is 0 Å². The Bertz CT molecular complexity index is 1080. The van der Waals surface area contributed by atoms with Crippen LogP contribution in [0.2, 0.25) is 5.02 Å². The molecule has 1 aromatic carbocycles. The maximum absolute atomic E-state index is 13.2. The van der Waals surface area contributed by atoms with Crippen LogP contribution in [0.15, 0.2) is 47.8 Å². The highest BCUT2D eigenvalue weighted by molar-refractivity contribution is 6.43. The van der Waals surface area contributed by atoms with Crippen molar-refractivity contribution in [2.45, 2.75) is 31.0 Å². The van der Waals surface area contributed by atoms with Crippen LogP contribution in [-0.2, 0) is 15.8 Å². The number of anilines is 2. The summed E-state index contributed by atoms with van der Waals surface area (Å²) in [5.74, 6) is -0.135. The van der Waals surface area contributed by atoms with Gasteiger partial charge in [0.1, 0.15) is 17.1 Å². The Hall–Kier alpha value is -3.34. The van der Waals surface area contributed by atoms with Crippen LogP contribution < -0.4 is 10.6 Å². The fourth-order valence-corrected chi connectivity index (χ4v) is 3.81. The third-order valence-corrected chi connectivity index (χ3v) is 5.73. The Morgan fingerprint density at radius 3 is 2.48 bits per heavy atom. The summed E-state index contributed by atoms with van der Waals surface area (Å²) in [5, 5.41) is 9.31. The lowest BCUT2D eigenvalue weighted by Crippen LogP contribution is -2.48. The largest absolute Gasteiger partial charge is 0.418 e. The fourth-order valence-electron chi connectivity index (χ4n) is 3.70. The van der Waals surface area contributed by atoms with Crippen molar-refractivity contribution in [1.82, 2.24) is 9.88 Å². The molecular formula is C21H19ClF3N5O3. The zero-order chi connectivity index (χ0) is 23.6. The number of nitrogens with one attached hydrogen (secondary N) is 2. The first-order valence-electron chi connectivity index (χ1n) is 10.1. The van der Waals surface area contributed by atoms with E-state index in [2.05, 4.69) is 20.8 Å². The highest BCUT2D eigenvalue weighted by Gasteiger charge is 2.44. The molecule has 2 aromatic rings. The number of hydrogen-bond acceptors (Lipinski definition) is 5. The molecule has 0 radical (unpaired) electrons. The van der Waals surface area contributed by atoms with Crippen molar-refractivity contribution in [1.29, 1.82) is 0 Å². The van der Waals surface area contributed by atoms with Gasteiger partial charge in [-0.15, -0.1) is 0 Å². The second-order valence-corrected chi connectivity index (χ2v) is 8.20. The quantitative estimate of drug-likeness (QED) is 0.673. The lowest BCUT2D eigenvalue weighted by molar-refractivity contribution is -0.136. The average Bonchev–Trinajstić information content (AvgIpc) is 3.19. The third-order valence-electron chi connectivity index (χ3n) is 5.51. The molecule has 0 unspecified atom stereocenters. The lowest BCUT2D eigenvalue weighted by atomic mass is 9.87. The maximum Gasteiger partial charge on any atom is 0.418 e.